The summed E-state index contributed by atoms with van der Waals surface area (Å²) in [4.78, 5) is 34.0. The van der Waals surface area contributed by atoms with Crippen LogP contribution in [0.15, 0.2) is 12.1 Å². The third-order valence-corrected chi connectivity index (χ3v) is 6.07. The summed E-state index contributed by atoms with van der Waals surface area (Å²) in [7, 11) is 2.14. The Bertz CT molecular complexity index is 651. The minimum Gasteiger partial charge on any atom is -0.481 e. The number of carboxylic acid groups (broad SMARTS) is 1. The number of carbonyl (C=O) groups is 2. The van der Waals surface area contributed by atoms with Gasteiger partial charge in [-0.15, -0.1) is 0 Å². The number of aliphatic carboxylic acids is 1. The summed E-state index contributed by atoms with van der Waals surface area (Å²) < 4.78 is 0. The summed E-state index contributed by atoms with van der Waals surface area (Å²) in [5, 5.41) is 9.15. The van der Waals surface area contributed by atoms with Crippen LogP contribution in [-0.2, 0) is 11.2 Å². The first-order valence-electron chi connectivity index (χ1n) is 10.1. The van der Waals surface area contributed by atoms with Gasteiger partial charge in [-0.25, -0.2) is 0 Å². The van der Waals surface area contributed by atoms with E-state index >= 15 is 0 Å². The number of carbonyl (C=O) groups excluding carboxylic acids is 1. The normalized spacial score (nSPS) is 24.9. The zero-order valence-corrected chi connectivity index (χ0v) is 16.5. The van der Waals surface area contributed by atoms with Crippen molar-refractivity contribution in [2.45, 2.75) is 38.6 Å². The second-order valence-electron chi connectivity index (χ2n) is 7.89. The lowest BCUT2D eigenvalue weighted by atomic mass is 9.86. The monoisotopic (exact) mass is 376 g/mol. The fraction of sp³-hybridized carbons (Fsp3) is 0.700. The highest BCUT2D eigenvalue weighted by Gasteiger charge is 2.36. The molecule has 2 aliphatic heterocycles. The van der Waals surface area contributed by atoms with Crippen LogP contribution in [0.3, 0.4) is 0 Å². The summed E-state index contributed by atoms with van der Waals surface area (Å²) in [6, 6.07) is 4.20. The Morgan fingerprint density at radius 2 is 1.93 bits per heavy atom. The van der Waals surface area contributed by atoms with Crippen molar-refractivity contribution in [2.24, 2.45) is 5.92 Å². The number of piperidine rings is 1. The fourth-order valence-electron chi connectivity index (χ4n) is 4.37. The number of aryl methyl sites for hydroxylation is 1. The van der Waals surface area contributed by atoms with E-state index in [9.17, 15) is 9.59 Å². The average Bonchev–Trinajstić information content (AvgIpc) is 3.15. The Hall–Kier alpha value is -1.86. The van der Waals surface area contributed by atoms with Crippen LogP contribution in [0.2, 0.25) is 0 Å². The summed E-state index contributed by atoms with van der Waals surface area (Å²) in [6.45, 7) is 7.58. The second kappa shape index (κ2) is 8.89. The summed E-state index contributed by atoms with van der Waals surface area (Å²) in [6.07, 6.45) is 2.58. The number of likely N-dealkylation sites (N-methyl/N-ethyl adjacent to an activating group) is 1. The zero-order chi connectivity index (χ0) is 19.4. The van der Waals surface area contributed by atoms with E-state index in [-0.39, 0.29) is 18.2 Å². The molecule has 2 fully saturated rings. The van der Waals surface area contributed by atoms with Gasteiger partial charge >= 0.3 is 5.97 Å². The predicted molar refractivity (Wildman–Crippen MR) is 104 cm³/mol. The van der Waals surface area contributed by atoms with Gasteiger partial charge in [0, 0.05) is 57.4 Å². The molecule has 1 aromatic rings. The molecule has 0 spiro atoms. The van der Waals surface area contributed by atoms with Gasteiger partial charge in [0.15, 0.2) is 0 Å². The smallest absolute Gasteiger partial charge is 0.303 e. The number of hydrogen-bond donors (Lipinski definition) is 2. The van der Waals surface area contributed by atoms with Crippen LogP contribution >= 0.6 is 0 Å². The average molecular weight is 377 g/mol. The molecule has 0 unspecified atom stereocenters. The number of hydrogen-bond acceptors (Lipinski definition) is 4. The Balaban J connectivity index is 1.68. The van der Waals surface area contributed by atoms with Crippen molar-refractivity contribution >= 4 is 11.9 Å². The van der Waals surface area contributed by atoms with Crippen LogP contribution in [0.1, 0.15) is 42.4 Å². The molecule has 3 rings (SSSR count). The summed E-state index contributed by atoms with van der Waals surface area (Å²) >= 11 is 0. The van der Waals surface area contributed by atoms with E-state index in [0.717, 1.165) is 51.3 Å². The quantitative estimate of drug-likeness (QED) is 0.787. The van der Waals surface area contributed by atoms with Gasteiger partial charge in [-0.1, -0.05) is 6.92 Å². The highest BCUT2D eigenvalue weighted by Crippen LogP contribution is 2.28. The number of nitrogens with zero attached hydrogens (tertiary/aromatic N) is 3. The molecule has 27 heavy (non-hydrogen) atoms. The second-order valence-corrected chi connectivity index (χ2v) is 7.89. The van der Waals surface area contributed by atoms with Gasteiger partial charge in [0.1, 0.15) is 5.69 Å². The lowest BCUT2D eigenvalue weighted by molar-refractivity contribution is -0.137. The first kappa shape index (κ1) is 19.9. The van der Waals surface area contributed by atoms with Crippen molar-refractivity contribution < 1.29 is 14.7 Å². The highest BCUT2D eigenvalue weighted by atomic mass is 16.4. The molecule has 2 N–H and O–H groups in total. The highest BCUT2D eigenvalue weighted by molar-refractivity contribution is 5.92. The Morgan fingerprint density at radius 1 is 1.19 bits per heavy atom. The number of amides is 1. The molecule has 0 aromatic carbocycles. The van der Waals surface area contributed by atoms with Crippen LogP contribution in [0.4, 0.5) is 0 Å². The maximum Gasteiger partial charge on any atom is 0.303 e. The Morgan fingerprint density at radius 3 is 2.56 bits per heavy atom. The number of likely N-dealkylation sites (tertiary alicyclic amines) is 1. The van der Waals surface area contributed by atoms with Crippen LogP contribution in [0, 0.1) is 5.92 Å². The molecule has 0 aliphatic carbocycles. The number of nitrogens with one attached hydrogen (secondary N) is 1. The fourth-order valence-corrected chi connectivity index (χ4v) is 4.37. The molecule has 2 aliphatic rings. The van der Waals surface area contributed by atoms with Crippen molar-refractivity contribution in [1.29, 1.82) is 0 Å². The molecule has 0 saturated carbocycles. The van der Waals surface area contributed by atoms with Gasteiger partial charge in [0.05, 0.1) is 0 Å². The number of carboxylic acids is 1. The number of aromatic amines is 1. The lowest BCUT2D eigenvalue weighted by Gasteiger charge is -2.46. The largest absolute Gasteiger partial charge is 0.481 e. The van der Waals surface area contributed by atoms with Crippen molar-refractivity contribution in [3.63, 3.8) is 0 Å². The van der Waals surface area contributed by atoms with Crippen LogP contribution in [0.25, 0.3) is 0 Å². The molecular weight excluding hydrogens is 344 g/mol. The van der Waals surface area contributed by atoms with Crippen molar-refractivity contribution in [3.8, 4) is 0 Å². The molecule has 1 amide bonds. The first-order valence-corrected chi connectivity index (χ1v) is 10.1. The van der Waals surface area contributed by atoms with Gasteiger partial charge in [-0.2, -0.15) is 0 Å². The minimum atomic E-state index is -0.757. The third-order valence-electron chi connectivity index (χ3n) is 6.07. The van der Waals surface area contributed by atoms with Gasteiger partial charge < -0.3 is 19.9 Å². The summed E-state index contributed by atoms with van der Waals surface area (Å²) in [5.41, 5.74) is 1.70. The molecule has 0 bridgehead atoms. The van der Waals surface area contributed by atoms with Crippen molar-refractivity contribution in [2.75, 3.05) is 46.3 Å². The minimum absolute atomic E-state index is 0.0341. The van der Waals surface area contributed by atoms with Crippen LogP contribution in [-0.4, -0.2) is 89.0 Å². The number of aromatic nitrogens is 1. The van der Waals surface area contributed by atoms with Crippen molar-refractivity contribution in [1.82, 2.24) is 19.7 Å². The van der Waals surface area contributed by atoms with E-state index < -0.39 is 5.97 Å². The third kappa shape index (κ3) is 4.90. The molecule has 7 heteroatoms. The van der Waals surface area contributed by atoms with Crippen LogP contribution < -0.4 is 0 Å². The molecule has 1 aromatic heterocycles. The lowest BCUT2D eigenvalue weighted by Crippen LogP contribution is -2.57. The topological polar surface area (TPSA) is 79.9 Å². The molecule has 7 nitrogen and oxygen atoms in total. The molecule has 2 atom stereocenters. The summed E-state index contributed by atoms with van der Waals surface area (Å²) in [5.74, 6) is -0.512. The Kier molecular flexibility index (Phi) is 6.55. The van der Waals surface area contributed by atoms with E-state index in [2.05, 4.69) is 28.8 Å². The maximum atomic E-state index is 12.9. The first-order chi connectivity index (χ1) is 13.0. The van der Waals surface area contributed by atoms with E-state index in [1.807, 2.05) is 17.0 Å². The van der Waals surface area contributed by atoms with E-state index in [1.54, 1.807) is 0 Å². The van der Waals surface area contributed by atoms with Gasteiger partial charge in [-0.3, -0.25) is 14.5 Å². The predicted octanol–water partition coefficient (Wildman–Crippen LogP) is 1.52. The van der Waals surface area contributed by atoms with E-state index in [1.165, 1.54) is 0 Å². The van der Waals surface area contributed by atoms with Gasteiger partial charge in [0.25, 0.3) is 5.91 Å². The molecule has 150 valence electrons. The molecule has 2 saturated heterocycles. The van der Waals surface area contributed by atoms with Crippen LogP contribution in [0.5, 0.6) is 0 Å². The molecule has 3 heterocycles. The van der Waals surface area contributed by atoms with Gasteiger partial charge in [0.2, 0.25) is 0 Å². The van der Waals surface area contributed by atoms with Gasteiger partial charge in [-0.05, 0) is 44.4 Å². The zero-order valence-electron chi connectivity index (χ0n) is 16.5. The standard InChI is InChI=1S/C20H32N4O3/c1-3-16-5-6-17(21-16)20(27)24-9-8-18(15(14-24)4-7-19(25)26)23-12-10-22(2)11-13-23/h5-6,15,18,21H,3-4,7-14H2,1-2H3,(H,25,26)/t15-,18+/m0/s1. The number of rotatable bonds is 6. The number of H-pyrrole nitrogens is 1. The molecular formula is C20H32N4O3. The van der Waals surface area contributed by atoms with E-state index in [0.29, 0.717) is 24.7 Å². The molecule has 0 radical (unpaired) electrons. The SMILES string of the molecule is CCc1ccc(C(=O)N2CC[C@@H](N3CCN(C)CC3)[C@@H](CCC(=O)O)C2)[nH]1. The van der Waals surface area contributed by atoms with E-state index in [4.69, 9.17) is 5.11 Å². The maximum absolute atomic E-state index is 12.9. The Labute approximate surface area is 161 Å². The number of piperazine rings is 1. The van der Waals surface area contributed by atoms with Crippen molar-refractivity contribution in [3.05, 3.63) is 23.5 Å².